The Balaban J connectivity index is 0.916. The number of anilines is 2. The fourth-order valence-corrected chi connectivity index (χ4v) is 5.95. The minimum absolute atomic E-state index is 0.182. The number of carbonyl (C=O) groups is 2. The van der Waals surface area contributed by atoms with Crippen LogP contribution >= 0.6 is 0 Å². The molecule has 2 N–H and O–H groups in total. The maximum atomic E-state index is 12.8. The molecule has 0 spiro atoms. The number of ether oxygens (including phenoxy) is 4. The maximum Gasteiger partial charge on any atom is 0.444 e. The van der Waals surface area contributed by atoms with Crippen LogP contribution in [-0.2, 0) is 41.6 Å². The van der Waals surface area contributed by atoms with E-state index < -0.39 is 11.9 Å². The quantitative estimate of drug-likeness (QED) is 0.0867. The van der Waals surface area contributed by atoms with E-state index in [0.717, 1.165) is 58.0 Å². The van der Waals surface area contributed by atoms with Crippen molar-refractivity contribution in [1.82, 2.24) is 10.1 Å². The molecule has 0 amide bonds. The summed E-state index contributed by atoms with van der Waals surface area (Å²) in [5.41, 5.74) is 6.04. The maximum absolute atomic E-state index is 12.8. The largest absolute Gasteiger partial charge is 0.491 e. The Labute approximate surface area is 339 Å². The summed E-state index contributed by atoms with van der Waals surface area (Å²) in [6.07, 6.45) is 1.86. The SMILES string of the molecule is CC(C)OCCOc1ccc(Cc2ccc(NC3=NCCN3OC(=O)C(=O)ON3CCN=C3Nc3ccc(Cc4ccc(OCCOC(C)C)cc4)cc3)cc2)cc1. The molecule has 2 aliphatic heterocycles. The van der Waals surface area contributed by atoms with Crippen LogP contribution < -0.4 is 20.1 Å². The van der Waals surface area contributed by atoms with E-state index in [1.807, 2.05) is 125 Å². The Kier molecular flexibility index (Phi) is 14.9. The summed E-state index contributed by atoms with van der Waals surface area (Å²) >= 11 is 0. The smallest absolute Gasteiger partial charge is 0.444 e. The Hall–Kier alpha value is -6.12. The molecule has 0 aromatic heterocycles. The lowest BCUT2D eigenvalue weighted by molar-refractivity contribution is -0.198. The topological polar surface area (TPSA) is 145 Å². The molecule has 306 valence electrons. The van der Waals surface area contributed by atoms with Gasteiger partial charge in [-0.3, -0.25) is 0 Å². The number of carbonyl (C=O) groups excluding carboxylic acids is 2. The minimum atomic E-state index is -1.18. The van der Waals surface area contributed by atoms with Gasteiger partial charge in [0, 0.05) is 11.4 Å². The summed E-state index contributed by atoms with van der Waals surface area (Å²) in [7, 11) is 0. The Morgan fingerprint density at radius 2 is 0.879 bits per heavy atom. The van der Waals surface area contributed by atoms with Crippen LogP contribution in [0.25, 0.3) is 0 Å². The van der Waals surface area contributed by atoms with E-state index in [1.54, 1.807) is 0 Å². The van der Waals surface area contributed by atoms with Crippen molar-refractivity contribution in [2.24, 2.45) is 9.98 Å². The molecule has 0 saturated carbocycles. The van der Waals surface area contributed by atoms with E-state index in [9.17, 15) is 9.59 Å². The van der Waals surface area contributed by atoms with Crippen molar-refractivity contribution in [3.05, 3.63) is 119 Å². The summed E-state index contributed by atoms with van der Waals surface area (Å²) in [5, 5.41) is 8.85. The van der Waals surface area contributed by atoms with Gasteiger partial charge in [0.15, 0.2) is 0 Å². The number of hydrogen-bond donors (Lipinski definition) is 2. The molecule has 4 aromatic carbocycles. The van der Waals surface area contributed by atoms with Gasteiger partial charge in [0.25, 0.3) is 0 Å². The van der Waals surface area contributed by atoms with Crippen molar-refractivity contribution in [3.8, 4) is 11.5 Å². The number of hydrogen-bond acceptors (Lipinski definition) is 14. The normalized spacial score (nSPS) is 13.7. The van der Waals surface area contributed by atoms with E-state index in [2.05, 4.69) is 20.6 Å². The van der Waals surface area contributed by atoms with Crippen molar-refractivity contribution >= 4 is 35.2 Å². The molecule has 0 aliphatic carbocycles. The number of guanidine groups is 2. The second-order valence-electron chi connectivity index (χ2n) is 14.2. The van der Waals surface area contributed by atoms with Gasteiger partial charge in [-0.1, -0.05) is 48.5 Å². The fourth-order valence-electron chi connectivity index (χ4n) is 5.95. The van der Waals surface area contributed by atoms with Gasteiger partial charge in [-0.15, -0.1) is 0 Å². The lowest BCUT2D eigenvalue weighted by Gasteiger charge is -2.21. The molecule has 2 aliphatic rings. The number of nitrogens with zero attached hydrogens (tertiary/aromatic N) is 4. The molecule has 14 nitrogen and oxygen atoms in total. The van der Waals surface area contributed by atoms with Crippen LogP contribution in [0.4, 0.5) is 11.4 Å². The molecule has 2 heterocycles. The molecule has 58 heavy (non-hydrogen) atoms. The van der Waals surface area contributed by atoms with Crippen LogP contribution in [0.2, 0.25) is 0 Å². The average molecular weight is 793 g/mol. The molecule has 6 rings (SSSR count). The summed E-state index contributed by atoms with van der Waals surface area (Å²) < 4.78 is 22.5. The van der Waals surface area contributed by atoms with Crippen molar-refractivity contribution in [1.29, 1.82) is 0 Å². The summed E-state index contributed by atoms with van der Waals surface area (Å²) in [6, 6.07) is 31.8. The van der Waals surface area contributed by atoms with E-state index in [1.165, 1.54) is 10.1 Å². The van der Waals surface area contributed by atoms with E-state index in [-0.39, 0.29) is 25.3 Å². The second kappa shape index (κ2) is 20.9. The molecule has 4 aromatic rings. The van der Waals surface area contributed by atoms with Crippen LogP contribution in [-0.4, -0.2) is 98.8 Å². The molecule has 0 radical (unpaired) electrons. The summed E-state index contributed by atoms with van der Waals surface area (Å²) in [6.45, 7) is 11.5. The summed E-state index contributed by atoms with van der Waals surface area (Å²) in [5.74, 6) is -0.122. The average Bonchev–Trinajstić information content (AvgIpc) is 3.85. The molecule has 0 fully saturated rings. The van der Waals surface area contributed by atoms with Gasteiger partial charge in [-0.25, -0.2) is 19.6 Å². The minimum Gasteiger partial charge on any atom is -0.491 e. The first-order valence-electron chi connectivity index (χ1n) is 19.6. The zero-order valence-corrected chi connectivity index (χ0v) is 33.5. The van der Waals surface area contributed by atoms with E-state index in [0.29, 0.717) is 51.4 Å². The van der Waals surface area contributed by atoms with Gasteiger partial charge in [0.2, 0.25) is 11.9 Å². The third-order valence-electron chi connectivity index (χ3n) is 8.84. The van der Waals surface area contributed by atoms with Crippen molar-refractivity contribution in [3.63, 3.8) is 0 Å². The Morgan fingerprint density at radius 3 is 1.22 bits per heavy atom. The molecule has 0 unspecified atom stereocenters. The first-order chi connectivity index (χ1) is 28.2. The van der Waals surface area contributed by atoms with Crippen LogP contribution in [0.3, 0.4) is 0 Å². The highest BCUT2D eigenvalue weighted by atomic mass is 16.8. The first kappa shape index (κ1) is 41.5. The Morgan fingerprint density at radius 1 is 0.534 bits per heavy atom. The van der Waals surface area contributed by atoms with E-state index in [4.69, 9.17) is 28.6 Å². The zero-order valence-electron chi connectivity index (χ0n) is 33.5. The number of nitrogens with one attached hydrogen (secondary N) is 2. The van der Waals surface area contributed by atoms with Crippen molar-refractivity contribution < 1.29 is 38.2 Å². The van der Waals surface area contributed by atoms with Gasteiger partial charge in [0.05, 0.1) is 51.6 Å². The van der Waals surface area contributed by atoms with Crippen molar-refractivity contribution in [2.45, 2.75) is 52.7 Å². The molecular weight excluding hydrogens is 741 g/mol. The highest BCUT2D eigenvalue weighted by Crippen LogP contribution is 2.20. The summed E-state index contributed by atoms with van der Waals surface area (Å²) in [4.78, 5) is 45.2. The molecule has 14 heteroatoms. The molecular formula is C44H52N6O8. The number of aliphatic imine (C=N–C) groups is 2. The molecule has 0 saturated heterocycles. The molecule has 0 atom stereocenters. The zero-order chi connectivity index (χ0) is 40.7. The number of rotatable bonds is 18. The monoisotopic (exact) mass is 792 g/mol. The number of benzene rings is 4. The highest BCUT2D eigenvalue weighted by Gasteiger charge is 2.31. The van der Waals surface area contributed by atoms with Gasteiger partial charge in [-0.05, 0) is 111 Å². The standard InChI is InChI=1S/C44H52N6O8/c1-31(2)53-25-27-55-39-17-9-35(10-18-39)29-33-5-13-37(14-6-33)47-43-45-21-23-49(43)57-41(51)42(52)58-50-24-22-46-44(50)48-38-15-7-34(8-16-38)30-36-11-19-40(20-12-36)56-28-26-54-32(3)4/h5-20,31-32H,21-30H2,1-4H3,(H,45,47)(H,46,48). The van der Waals surface area contributed by atoms with Crippen LogP contribution in [0.1, 0.15) is 49.9 Å². The highest BCUT2D eigenvalue weighted by molar-refractivity contribution is 6.30. The van der Waals surface area contributed by atoms with Crippen LogP contribution in [0.15, 0.2) is 107 Å². The van der Waals surface area contributed by atoms with Gasteiger partial charge in [-0.2, -0.15) is 10.1 Å². The molecule has 0 bridgehead atoms. The number of hydroxylamine groups is 4. The third kappa shape index (κ3) is 13.0. The predicted molar refractivity (Wildman–Crippen MR) is 222 cm³/mol. The van der Waals surface area contributed by atoms with E-state index >= 15 is 0 Å². The predicted octanol–water partition coefficient (Wildman–Crippen LogP) is 6.26. The first-order valence-corrected chi connectivity index (χ1v) is 19.6. The second-order valence-corrected chi connectivity index (χ2v) is 14.2. The van der Waals surface area contributed by atoms with Crippen LogP contribution in [0, 0.1) is 0 Å². The van der Waals surface area contributed by atoms with Crippen molar-refractivity contribution in [2.75, 3.05) is 63.2 Å². The fraction of sp³-hybridized carbons (Fsp3) is 0.364. The third-order valence-corrected chi connectivity index (χ3v) is 8.84. The Bertz CT molecular complexity index is 1840. The van der Waals surface area contributed by atoms with Gasteiger partial charge in [0.1, 0.15) is 24.7 Å². The van der Waals surface area contributed by atoms with Gasteiger partial charge < -0.3 is 39.3 Å². The lowest BCUT2D eigenvalue weighted by Crippen LogP contribution is -2.41. The lowest BCUT2D eigenvalue weighted by atomic mass is 10.0. The van der Waals surface area contributed by atoms with Gasteiger partial charge >= 0.3 is 11.9 Å². The van der Waals surface area contributed by atoms with Crippen LogP contribution in [0.5, 0.6) is 11.5 Å².